The number of carbonyl (C=O) groups is 1. The third-order valence-corrected chi connectivity index (χ3v) is 3.54. The van der Waals surface area contributed by atoms with Crippen molar-refractivity contribution in [3.63, 3.8) is 0 Å². The van der Waals surface area contributed by atoms with Gasteiger partial charge in [0.2, 0.25) is 0 Å². The van der Waals surface area contributed by atoms with Crippen LogP contribution in [0.2, 0.25) is 0 Å². The number of thiazole rings is 1. The third kappa shape index (κ3) is 2.74. The van der Waals surface area contributed by atoms with E-state index in [0.29, 0.717) is 12.2 Å². The normalized spacial score (nSPS) is 12.4. The Kier molecular flexibility index (Phi) is 3.73. The van der Waals surface area contributed by atoms with Crippen molar-refractivity contribution in [1.29, 1.82) is 0 Å². The molecule has 2 aromatic rings. The van der Waals surface area contributed by atoms with E-state index in [0.717, 1.165) is 10.7 Å². The maximum Gasteiger partial charge on any atom is 0.271 e. The topological polar surface area (TPSA) is 85.8 Å². The van der Waals surface area contributed by atoms with Gasteiger partial charge in [-0.3, -0.25) is 9.48 Å². The number of nitrogens with zero attached hydrogens (tertiary/aromatic N) is 3. The zero-order valence-electron chi connectivity index (χ0n) is 10.3. The average Bonchev–Trinajstić information content (AvgIpc) is 2.94. The van der Waals surface area contributed by atoms with E-state index in [4.69, 9.17) is 5.73 Å². The van der Waals surface area contributed by atoms with Gasteiger partial charge in [-0.1, -0.05) is 0 Å². The van der Waals surface area contributed by atoms with E-state index in [9.17, 15) is 4.79 Å². The molecule has 2 rings (SSSR count). The van der Waals surface area contributed by atoms with Crippen LogP contribution in [-0.4, -0.2) is 20.7 Å². The summed E-state index contributed by atoms with van der Waals surface area (Å²) in [5.41, 5.74) is 7.05. The minimum atomic E-state index is -0.195. The van der Waals surface area contributed by atoms with Crippen LogP contribution in [0.4, 0.5) is 0 Å². The minimum absolute atomic E-state index is 0.145. The van der Waals surface area contributed by atoms with Gasteiger partial charge in [-0.15, -0.1) is 11.3 Å². The number of rotatable bonds is 4. The van der Waals surface area contributed by atoms with Crippen molar-refractivity contribution in [3.05, 3.63) is 34.0 Å². The van der Waals surface area contributed by atoms with E-state index in [2.05, 4.69) is 15.4 Å². The summed E-state index contributed by atoms with van der Waals surface area (Å²) >= 11 is 1.40. The summed E-state index contributed by atoms with van der Waals surface area (Å²) in [6.45, 7) is 2.27. The molecule has 0 fully saturated rings. The molecule has 0 spiro atoms. The Labute approximate surface area is 109 Å². The van der Waals surface area contributed by atoms with Gasteiger partial charge in [0.15, 0.2) is 0 Å². The second kappa shape index (κ2) is 5.28. The van der Waals surface area contributed by atoms with Gasteiger partial charge in [-0.2, -0.15) is 5.10 Å². The molecule has 2 aromatic heterocycles. The quantitative estimate of drug-likeness (QED) is 0.857. The molecule has 0 radical (unpaired) electrons. The van der Waals surface area contributed by atoms with E-state index in [-0.39, 0.29) is 11.9 Å². The molecule has 0 aromatic carbocycles. The van der Waals surface area contributed by atoms with Gasteiger partial charge >= 0.3 is 0 Å². The van der Waals surface area contributed by atoms with Gasteiger partial charge in [-0.25, -0.2) is 4.98 Å². The Bertz CT molecular complexity index is 545. The zero-order chi connectivity index (χ0) is 13.1. The summed E-state index contributed by atoms with van der Waals surface area (Å²) in [6.07, 6.45) is 1.69. The first-order valence-electron chi connectivity index (χ1n) is 5.54. The van der Waals surface area contributed by atoms with Gasteiger partial charge in [0.25, 0.3) is 5.91 Å². The van der Waals surface area contributed by atoms with Crippen LogP contribution >= 0.6 is 11.3 Å². The van der Waals surface area contributed by atoms with E-state index < -0.39 is 0 Å². The maximum atomic E-state index is 11.8. The number of nitrogens with two attached hydrogens (primary N) is 1. The monoisotopic (exact) mass is 265 g/mol. The van der Waals surface area contributed by atoms with Gasteiger partial charge < -0.3 is 11.1 Å². The van der Waals surface area contributed by atoms with Crippen LogP contribution in [0, 0.1) is 0 Å². The molecular formula is C11H15N5OS. The highest BCUT2D eigenvalue weighted by molar-refractivity contribution is 7.09. The highest BCUT2D eigenvalue weighted by atomic mass is 32.1. The second-order valence-corrected chi connectivity index (χ2v) is 4.88. The molecule has 0 saturated heterocycles. The average molecular weight is 265 g/mol. The van der Waals surface area contributed by atoms with Gasteiger partial charge in [-0.05, 0) is 13.0 Å². The molecular weight excluding hydrogens is 250 g/mol. The van der Waals surface area contributed by atoms with E-state index in [1.807, 2.05) is 20.0 Å². The third-order valence-electron chi connectivity index (χ3n) is 2.50. The van der Waals surface area contributed by atoms with Crippen LogP contribution in [0.5, 0.6) is 0 Å². The molecule has 0 aliphatic heterocycles. The first-order valence-corrected chi connectivity index (χ1v) is 6.42. The molecule has 2 heterocycles. The van der Waals surface area contributed by atoms with Crippen molar-refractivity contribution < 1.29 is 4.79 Å². The maximum absolute atomic E-state index is 11.8. The summed E-state index contributed by atoms with van der Waals surface area (Å²) < 4.78 is 1.72. The lowest BCUT2D eigenvalue weighted by Crippen LogP contribution is -2.24. The molecule has 1 atom stereocenters. The minimum Gasteiger partial charge on any atom is -0.345 e. The standard InChI is InChI=1S/C11H15N5OS/c1-7(12)11-15-9(6-18-11)10(17)13-5-8-3-4-14-16(8)2/h3-4,6-7H,5,12H2,1-2H3,(H,13,17). The largest absolute Gasteiger partial charge is 0.345 e. The predicted molar refractivity (Wildman–Crippen MR) is 69.1 cm³/mol. The lowest BCUT2D eigenvalue weighted by atomic mass is 10.3. The molecule has 0 saturated carbocycles. The Balaban J connectivity index is 1.97. The number of hydrogen-bond acceptors (Lipinski definition) is 5. The predicted octanol–water partition coefficient (Wildman–Crippen LogP) is 0.826. The van der Waals surface area contributed by atoms with Crippen LogP contribution < -0.4 is 11.1 Å². The van der Waals surface area contributed by atoms with Crippen molar-refractivity contribution in [2.75, 3.05) is 0 Å². The Morgan fingerprint density at radius 2 is 2.44 bits per heavy atom. The molecule has 1 unspecified atom stereocenters. The summed E-state index contributed by atoms with van der Waals surface area (Å²) in [7, 11) is 1.83. The lowest BCUT2D eigenvalue weighted by molar-refractivity contribution is 0.0945. The number of carbonyl (C=O) groups excluding carboxylic acids is 1. The summed E-state index contributed by atoms with van der Waals surface area (Å²) in [6, 6.07) is 1.71. The van der Waals surface area contributed by atoms with Gasteiger partial charge in [0, 0.05) is 18.6 Å². The van der Waals surface area contributed by atoms with Crippen LogP contribution in [0.1, 0.15) is 34.2 Å². The molecule has 6 nitrogen and oxygen atoms in total. The van der Waals surface area contributed by atoms with Crippen molar-refractivity contribution in [1.82, 2.24) is 20.1 Å². The number of hydrogen-bond donors (Lipinski definition) is 2. The van der Waals surface area contributed by atoms with Crippen molar-refractivity contribution in [3.8, 4) is 0 Å². The fourth-order valence-electron chi connectivity index (χ4n) is 1.44. The van der Waals surface area contributed by atoms with Crippen molar-refractivity contribution in [2.24, 2.45) is 12.8 Å². The van der Waals surface area contributed by atoms with Crippen LogP contribution in [0.15, 0.2) is 17.6 Å². The Hall–Kier alpha value is -1.73. The summed E-state index contributed by atoms with van der Waals surface area (Å²) in [5.74, 6) is -0.195. The lowest BCUT2D eigenvalue weighted by Gasteiger charge is -2.03. The zero-order valence-corrected chi connectivity index (χ0v) is 11.1. The molecule has 18 heavy (non-hydrogen) atoms. The van der Waals surface area contributed by atoms with E-state index in [1.165, 1.54) is 11.3 Å². The molecule has 0 aliphatic carbocycles. The number of aromatic nitrogens is 3. The molecule has 0 aliphatic rings. The summed E-state index contributed by atoms with van der Waals surface area (Å²) in [4.78, 5) is 16.0. The number of nitrogens with one attached hydrogen (secondary N) is 1. The first kappa shape index (κ1) is 12.7. The Morgan fingerprint density at radius 3 is 3.00 bits per heavy atom. The fourth-order valence-corrected chi connectivity index (χ4v) is 2.19. The highest BCUT2D eigenvalue weighted by Gasteiger charge is 2.12. The SMILES string of the molecule is CC(N)c1nc(C(=O)NCc2ccnn2C)cs1. The van der Waals surface area contributed by atoms with Crippen LogP contribution in [-0.2, 0) is 13.6 Å². The number of amides is 1. The van der Waals surface area contributed by atoms with Crippen molar-refractivity contribution in [2.45, 2.75) is 19.5 Å². The molecule has 0 bridgehead atoms. The molecule has 7 heteroatoms. The second-order valence-electron chi connectivity index (χ2n) is 3.99. The first-order chi connectivity index (χ1) is 8.58. The van der Waals surface area contributed by atoms with E-state index in [1.54, 1.807) is 16.3 Å². The smallest absolute Gasteiger partial charge is 0.271 e. The van der Waals surface area contributed by atoms with Crippen LogP contribution in [0.3, 0.4) is 0 Å². The highest BCUT2D eigenvalue weighted by Crippen LogP contribution is 2.15. The molecule has 96 valence electrons. The molecule has 1 amide bonds. The van der Waals surface area contributed by atoms with E-state index >= 15 is 0 Å². The molecule has 3 N–H and O–H groups in total. The number of aryl methyl sites for hydroxylation is 1. The van der Waals surface area contributed by atoms with Gasteiger partial charge in [0.1, 0.15) is 10.7 Å². The fraction of sp³-hybridized carbons (Fsp3) is 0.364. The van der Waals surface area contributed by atoms with Crippen molar-refractivity contribution >= 4 is 17.2 Å². The Morgan fingerprint density at radius 1 is 1.67 bits per heavy atom. The summed E-state index contributed by atoms with van der Waals surface area (Å²) in [5, 5.41) is 9.31. The van der Waals surface area contributed by atoms with Crippen LogP contribution in [0.25, 0.3) is 0 Å². The van der Waals surface area contributed by atoms with Gasteiger partial charge in [0.05, 0.1) is 18.3 Å².